The first kappa shape index (κ1) is 12.8. The van der Waals surface area contributed by atoms with E-state index in [9.17, 15) is 9.59 Å². The zero-order valence-corrected chi connectivity index (χ0v) is 10.3. The number of carbonyl (C=O) groups is 2. The first-order chi connectivity index (χ1) is 8.65. The van der Waals surface area contributed by atoms with E-state index in [1.165, 1.54) is 12.3 Å². The standard InChI is InChI=1S/C12H17N3O3/c1-9-7-15(5-4-13-9)8-11(16)14-12(17)10-3-2-6-18-10/h2-3,6,9,13H,4-5,7-8H2,1H3,(H,14,16,17). The summed E-state index contributed by atoms with van der Waals surface area (Å²) >= 11 is 0. The maximum absolute atomic E-state index is 11.7. The highest BCUT2D eigenvalue weighted by Gasteiger charge is 2.19. The number of piperazine rings is 1. The summed E-state index contributed by atoms with van der Waals surface area (Å²) in [7, 11) is 0. The van der Waals surface area contributed by atoms with Crippen LogP contribution in [0.5, 0.6) is 0 Å². The minimum atomic E-state index is -0.492. The highest BCUT2D eigenvalue weighted by atomic mass is 16.3. The number of furan rings is 1. The number of carbonyl (C=O) groups excluding carboxylic acids is 2. The molecule has 1 unspecified atom stereocenters. The maximum Gasteiger partial charge on any atom is 0.293 e. The number of imide groups is 1. The van der Waals surface area contributed by atoms with Gasteiger partial charge in [0.2, 0.25) is 5.91 Å². The third-order valence-electron chi connectivity index (χ3n) is 2.82. The van der Waals surface area contributed by atoms with Crippen LogP contribution in [0.4, 0.5) is 0 Å². The van der Waals surface area contributed by atoms with Gasteiger partial charge in [-0.1, -0.05) is 0 Å². The predicted molar refractivity (Wildman–Crippen MR) is 65.1 cm³/mol. The van der Waals surface area contributed by atoms with E-state index < -0.39 is 5.91 Å². The van der Waals surface area contributed by atoms with Gasteiger partial charge in [0.1, 0.15) is 0 Å². The van der Waals surface area contributed by atoms with Gasteiger partial charge in [-0.3, -0.25) is 19.8 Å². The lowest BCUT2D eigenvalue weighted by molar-refractivity contribution is -0.121. The van der Waals surface area contributed by atoms with Gasteiger partial charge in [-0.25, -0.2) is 0 Å². The van der Waals surface area contributed by atoms with Crippen LogP contribution < -0.4 is 10.6 Å². The topological polar surface area (TPSA) is 74.6 Å². The van der Waals surface area contributed by atoms with Gasteiger partial charge in [-0.2, -0.15) is 0 Å². The van der Waals surface area contributed by atoms with E-state index in [1.807, 2.05) is 4.90 Å². The molecule has 2 amide bonds. The summed E-state index contributed by atoms with van der Waals surface area (Å²) in [5.74, 6) is -0.643. The Balaban J connectivity index is 1.80. The number of amides is 2. The highest BCUT2D eigenvalue weighted by Crippen LogP contribution is 2.00. The van der Waals surface area contributed by atoms with Gasteiger partial charge in [0.15, 0.2) is 5.76 Å². The Labute approximate surface area is 105 Å². The van der Waals surface area contributed by atoms with Crippen LogP contribution >= 0.6 is 0 Å². The molecule has 1 aliphatic heterocycles. The van der Waals surface area contributed by atoms with E-state index in [2.05, 4.69) is 17.6 Å². The molecule has 0 radical (unpaired) electrons. The van der Waals surface area contributed by atoms with Gasteiger partial charge in [-0.15, -0.1) is 0 Å². The zero-order chi connectivity index (χ0) is 13.0. The molecule has 0 aliphatic carbocycles. The summed E-state index contributed by atoms with van der Waals surface area (Å²) < 4.78 is 4.92. The van der Waals surface area contributed by atoms with E-state index in [0.29, 0.717) is 6.04 Å². The SMILES string of the molecule is CC1CN(CC(=O)NC(=O)c2ccco2)CCN1. The first-order valence-corrected chi connectivity index (χ1v) is 5.98. The highest BCUT2D eigenvalue weighted by molar-refractivity contribution is 6.03. The Morgan fingerprint density at radius 1 is 1.61 bits per heavy atom. The largest absolute Gasteiger partial charge is 0.459 e. The Kier molecular flexibility index (Phi) is 4.11. The minimum Gasteiger partial charge on any atom is -0.459 e. The molecule has 1 aromatic heterocycles. The van der Waals surface area contributed by atoms with Crippen LogP contribution in [0.15, 0.2) is 22.8 Å². The van der Waals surface area contributed by atoms with Crippen molar-refractivity contribution in [3.8, 4) is 0 Å². The Bertz CT molecular complexity index is 416. The molecule has 0 aromatic carbocycles. The van der Waals surface area contributed by atoms with E-state index in [0.717, 1.165) is 19.6 Å². The van der Waals surface area contributed by atoms with Crippen LogP contribution in [0.2, 0.25) is 0 Å². The fraction of sp³-hybridized carbons (Fsp3) is 0.500. The zero-order valence-electron chi connectivity index (χ0n) is 10.3. The quantitative estimate of drug-likeness (QED) is 0.780. The molecule has 0 bridgehead atoms. The average Bonchev–Trinajstić information content (AvgIpc) is 2.81. The number of nitrogens with zero attached hydrogens (tertiary/aromatic N) is 1. The molecule has 18 heavy (non-hydrogen) atoms. The van der Waals surface area contributed by atoms with E-state index >= 15 is 0 Å². The molecule has 2 heterocycles. The van der Waals surface area contributed by atoms with Crippen LogP contribution in [-0.2, 0) is 4.79 Å². The van der Waals surface area contributed by atoms with Crippen molar-refractivity contribution in [3.63, 3.8) is 0 Å². The summed E-state index contributed by atoms with van der Waals surface area (Å²) in [5, 5.41) is 5.60. The minimum absolute atomic E-state index is 0.150. The van der Waals surface area contributed by atoms with Crippen molar-refractivity contribution in [3.05, 3.63) is 24.2 Å². The molecular formula is C12H17N3O3. The lowest BCUT2D eigenvalue weighted by Crippen LogP contribution is -2.52. The molecule has 0 saturated carbocycles. The van der Waals surface area contributed by atoms with Gasteiger partial charge in [0, 0.05) is 25.7 Å². The molecule has 1 fully saturated rings. The van der Waals surface area contributed by atoms with Gasteiger partial charge < -0.3 is 9.73 Å². The number of hydrogen-bond donors (Lipinski definition) is 2. The molecule has 1 aromatic rings. The molecule has 0 spiro atoms. The smallest absolute Gasteiger partial charge is 0.293 e. The average molecular weight is 251 g/mol. The van der Waals surface area contributed by atoms with Crippen molar-refractivity contribution in [2.75, 3.05) is 26.2 Å². The normalized spacial score (nSPS) is 20.6. The van der Waals surface area contributed by atoms with Crippen LogP contribution in [0.25, 0.3) is 0 Å². The fourth-order valence-electron chi connectivity index (χ4n) is 1.99. The third-order valence-corrected chi connectivity index (χ3v) is 2.82. The number of nitrogens with one attached hydrogen (secondary N) is 2. The summed E-state index contributed by atoms with van der Waals surface area (Å²) in [6, 6.07) is 3.50. The molecule has 2 rings (SSSR count). The van der Waals surface area contributed by atoms with Crippen molar-refractivity contribution in [2.45, 2.75) is 13.0 Å². The molecular weight excluding hydrogens is 234 g/mol. The van der Waals surface area contributed by atoms with Crippen molar-refractivity contribution >= 4 is 11.8 Å². The van der Waals surface area contributed by atoms with Gasteiger partial charge >= 0.3 is 0 Å². The summed E-state index contributed by atoms with van der Waals surface area (Å²) in [5.41, 5.74) is 0. The molecule has 1 aliphatic rings. The van der Waals surface area contributed by atoms with Gasteiger partial charge in [-0.05, 0) is 19.1 Å². The Hall–Kier alpha value is -1.66. The van der Waals surface area contributed by atoms with Crippen molar-refractivity contribution in [1.82, 2.24) is 15.5 Å². The predicted octanol–water partition coefficient (Wildman–Crippen LogP) is -0.170. The molecule has 6 heteroatoms. The lowest BCUT2D eigenvalue weighted by atomic mass is 10.2. The van der Waals surface area contributed by atoms with Crippen molar-refractivity contribution < 1.29 is 14.0 Å². The van der Waals surface area contributed by atoms with Crippen molar-refractivity contribution in [2.24, 2.45) is 0 Å². The lowest BCUT2D eigenvalue weighted by Gasteiger charge is -2.30. The Morgan fingerprint density at radius 2 is 2.44 bits per heavy atom. The van der Waals surface area contributed by atoms with E-state index in [4.69, 9.17) is 4.42 Å². The number of hydrogen-bond acceptors (Lipinski definition) is 5. The van der Waals surface area contributed by atoms with Gasteiger partial charge in [0.05, 0.1) is 12.8 Å². The van der Waals surface area contributed by atoms with Crippen LogP contribution in [0.3, 0.4) is 0 Å². The molecule has 1 atom stereocenters. The third kappa shape index (κ3) is 3.41. The summed E-state index contributed by atoms with van der Waals surface area (Å²) in [6.07, 6.45) is 1.40. The molecule has 6 nitrogen and oxygen atoms in total. The maximum atomic E-state index is 11.7. The van der Waals surface area contributed by atoms with Crippen LogP contribution in [-0.4, -0.2) is 48.9 Å². The second-order valence-corrected chi connectivity index (χ2v) is 4.44. The summed E-state index contributed by atoms with van der Waals surface area (Å²) in [6.45, 7) is 4.78. The molecule has 2 N–H and O–H groups in total. The summed E-state index contributed by atoms with van der Waals surface area (Å²) in [4.78, 5) is 25.3. The Morgan fingerprint density at radius 3 is 3.11 bits per heavy atom. The molecule has 1 saturated heterocycles. The fourth-order valence-corrected chi connectivity index (χ4v) is 1.99. The second kappa shape index (κ2) is 5.79. The first-order valence-electron chi connectivity index (χ1n) is 5.98. The van der Waals surface area contributed by atoms with Gasteiger partial charge in [0.25, 0.3) is 5.91 Å². The number of rotatable bonds is 3. The molecule has 98 valence electrons. The van der Waals surface area contributed by atoms with Crippen molar-refractivity contribution in [1.29, 1.82) is 0 Å². The van der Waals surface area contributed by atoms with E-state index in [1.54, 1.807) is 6.07 Å². The second-order valence-electron chi connectivity index (χ2n) is 4.44. The monoisotopic (exact) mass is 251 g/mol. The van der Waals surface area contributed by atoms with E-state index in [-0.39, 0.29) is 18.2 Å². The van der Waals surface area contributed by atoms with Crippen LogP contribution in [0.1, 0.15) is 17.5 Å². The van der Waals surface area contributed by atoms with Crippen LogP contribution in [0, 0.1) is 0 Å².